The highest BCUT2D eigenvalue weighted by Crippen LogP contribution is 2.36. The van der Waals surface area contributed by atoms with E-state index in [0.29, 0.717) is 16.8 Å². The average molecular weight is 312 g/mol. The summed E-state index contributed by atoms with van der Waals surface area (Å²) >= 11 is 6.06. The van der Waals surface area contributed by atoms with Crippen LogP contribution < -0.4 is 4.74 Å². The quantitative estimate of drug-likeness (QED) is 0.871. The number of methoxy groups -OCH3 is 1. The minimum Gasteiger partial charge on any atom is -0.503 e. The van der Waals surface area contributed by atoms with E-state index >= 15 is 0 Å². The van der Waals surface area contributed by atoms with Crippen LogP contribution in [0.3, 0.4) is 0 Å². The van der Waals surface area contributed by atoms with Crippen LogP contribution >= 0.6 is 11.6 Å². The Balaban J connectivity index is 2.00. The van der Waals surface area contributed by atoms with Crippen LogP contribution in [0.5, 0.6) is 11.5 Å². The Morgan fingerprint density at radius 1 is 1.29 bits per heavy atom. The summed E-state index contributed by atoms with van der Waals surface area (Å²) in [6, 6.07) is 4.34. The minimum atomic E-state index is 0.0222. The molecule has 2 rings (SSSR count). The highest BCUT2D eigenvalue weighted by Gasteiger charge is 2.23. The van der Waals surface area contributed by atoms with Gasteiger partial charge in [0.1, 0.15) is 0 Å². The summed E-state index contributed by atoms with van der Waals surface area (Å²) in [6.07, 6.45) is 6.54. The Hall–Kier alpha value is -0.930. The van der Waals surface area contributed by atoms with Crippen LogP contribution in [0.25, 0.3) is 0 Å². The number of benzene rings is 1. The van der Waals surface area contributed by atoms with Crippen molar-refractivity contribution in [1.29, 1.82) is 0 Å². The number of rotatable bonds is 5. The van der Waals surface area contributed by atoms with Crippen molar-refractivity contribution in [2.45, 2.75) is 51.6 Å². The lowest BCUT2D eigenvalue weighted by Crippen LogP contribution is -2.34. The van der Waals surface area contributed by atoms with Gasteiger partial charge in [0.25, 0.3) is 0 Å². The molecular formula is C17H26ClNO2. The van der Waals surface area contributed by atoms with Crippen molar-refractivity contribution in [3.63, 3.8) is 0 Å². The predicted octanol–water partition coefficient (Wildman–Crippen LogP) is 4.45. The van der Waals surface area contributed by atoms with E-state index in [1.165, 1.54) is 32.1 Å². The number of halogens is 1. The van der Waals surface area contributed by atoms with Crippen LogP contribution in [0.15, 0.2) is 12.1 Å². The number of phenols is 1. The first-order valence-corrected chi connectivity index (χ1v) is 8.18. The van der Waals surface area contributed by atoms with E-state index < -0.39 is 0 Å². The van der Waals surface area contributed by atoms with Gasteiger partial charge in [-0.25, -0.2) is 0 Å². The van der Waals surface area contributed by atoms with E-state index in [1.54, 1.807) is 7.11 Å². The zero-order chi connectivity index (χ0) is 15.4. The Morgan fingerprint density at radius 3 is 2.52 bits per heavy atom. The molecule has 1 aliphatic carbocycles. The summed E-state index contributed by atoms with van der Waals surface area (Å²) < 4.78 is 5.17. The van der Waals surface area contributed by atoms with E-state index in [0.717, 1.165) is 18.0 Å². The van der Waals surface area contributed by atoms with Gasteiger partial charge in [0.05, 0.1) is 12.1 Å². The topological polar surface area (TPSA) is 32.7 Å². The molecule has 1 saturated carbocycles. The average Bonchev–Trinajstić information content (AvgIpc) is 2.50. The van der Waals surface area contributed by atoms with Crippen LogP contribution in [0.4, 0.5) is 0 Å². The van der Waals surface area contributed by atoms with Crippen molar-refractivity contribution in [2.24, 2.45) is 5.92 Å². The summed E-state index contributed by atoms with van der Waals surface area (Å²) in [4.78, 5) is 2.40. The molecule has 0 aromatic heterocycles. The molecule has 0 bridgehead atoms. The molecule has 21 heavy (non-hydrogen) atoms. The van der Waals surface area contributed by atoms with Crippen molar-refractivity contribution in [3.8, 4) is 11.5 Å². The van der Waals surface area contributed by atoms with Crippen molar-refractivity contribution in [3.05, 3.63) is 22.7 Å². The molecule has 0 unspecified atom stereocenters. The number of ether oxygens (including phenoxy) is 1. The maximum absolute atomic E-state index is 9.79. The number of hydrogen-bond acceptors (Lipinski definition) is 3. The first kappa shape index (κ1) is 16.4. The molecule has 3 nitrogen and oxygen atoms in total. The molecule has 118 valence electrons. The van der Waals surface area contributed by atoms with Crippen LogP contribution in [0.1, 0.15) is 44.6 Å². The zero-order valence-electron chi connectivity index (χ0n) is 13.2. The second kappa shape index (κ2) is 7.37. The van der Waals surface area contributed by atoms with Crippen molar-refractivity contribution < 1.29 is 9.84 Å². The molecule has 4 heteroatoms. The van der Waals surface area contributed by atoms with Gasteiger partial charge >= 0.3 is 0 Å². The number of nitrogens with zero attached hydrogens (tertiary/aromatic N) is 1. The van der Waals surface area contributed by atoms with Crippen LogP contribution in [0.2, 0.25) is 5.02 Å². The first-order chi connectivity index (χ1) is 10.0. The van der Waals surface area contributed by atoms with E-state index in [-0.39, 0.29) is 5.75 Å². The third kappa shape index (κ3) is 4.04. The lowest BCUT2D eigenvalue weighted by Gasteiger charge is -2.34. The summed E-state index contributed by atoms with van der Waals surface area (Å²) in [5.74, 6) is 1.38. The molecule has 1 aromatic carbocycles. The van der Waals surface area contributed by atoms with Crippen molar-refractivity contribution >= 4 is 11.6 Å². The summed E-state index contributed by atoms with van der Waals surface area (Å²) in [5, 5.41) is 10.1. The van der Waals surface area contributed by atoms with Crippen LogP contribution in [-0.2, 0) is 6.54 Å². The molecule has 1 aromatic rings. The largest absolute Gasteiger partial charge is 0.503 e. The fraction of sp³-hybridized carbons (Fsp3) is 0.647. The molecule has 1 fully saturated rings. The molecule has 0 heterocycles. The zero-order valence-corrected chi connectivity index (χ0v) is 14.0. The van der Waals surface area contributed by atoms with E-state index in [4.69, 9.17) is 16.3 Å². The molecule has 0 amide bonds. The maximum Gasteiger partial charge on any atom is 0.176 e. The van der Waals surface area contributed by atoms with Gasteiger partial charge in [-0.2, -0.15) is 0 Å². The van der Waals surface area contributed by atoms with Crippen LogP contribution in [0, 0.1) is 5.92 Å². The van der Waals surface area contributed by atoms with Gasteiger partial charge in [-0.3, -0.25) is 4.90 Å². The standard InChI is InChI=1S/C17H26ClNO2/c1-4-12-5-7-14(8-6-12)19(2)11-13-9-15(18)17(20)16(10-13)21-3/h9-10,12,14,20H,4-8,11H2,1-3H3. The van der Waals surface area contributed by atoms with Gasteiger partial charge in [-0.15, -0.1) is 0 Å². The predicted molar refractivity (Wildman–Crippen MR) is 87.2 cm³/mol. The van der Waals surface area contributed by atoms with Gasteiger partial charge in [0, 0.05) is 12.6 Å². The summed E-state index contributed by atoms with van der Waals surface area (Å²) in [6.45, 7) is 3.12. The van der Waals surface area contributed by atoms with Crippen molar-refractivity contribution in [2.75, 3.05) is 14.2 Å². The molecular weight excluding hydrogens is 286 g/mol. The Bertz CT molecular complexity index is 470. The molecule has 0 aliphatic heterocycles. The lowest BCUT2D eigenvalue weighted by molar-refractivity contribution is 0.157. The third-order valence-electron chi connectivity index (χ3n) is 4.76. The normalized spacial score (nSPS) is 22.5. The molecule has 1 N–H and O–H groups in total. The summed E-state index contributed by atoms with van der Waals surface area (Å²) in [7, 11) is 3.72. The van der Waals surface area contributed by atoms with Gasteiger partial charge in [0.15, 0.2) is 11.5 Å². The number of hydrogen-bond donors (Lipinski definition) is 1. The maximum atomic E-state index is 9.79. The monoisotopic (exact) mass is 311 g/mol. The lowest BCUT2D eigenvalue weighted by atomic mass is 9.84. The van der Waals surface area contributed by atoms with E-state index in [9.17, 15) is 5.11 Å². The van der Waals surface area contributed by atoms with E-state index in [2.05, 4.69) is 18.9 Å². The molecule has 1 aliphatic rings. The van der Waals surface area contributed by atoms with Gasteiger partial charge in [-0.1, -0.05) is 24.9 Å². The number of phenolic OH excluding ortho intramolecular Hbond substituents is 1. The Morgan fingerprint density at radius 2 is 1.95 bits per heavy atom. The SMILES string of the molecule is CCC1CCC(N(C)Cc2cc(Cl)c(O)c(OC)c2)CC1. The van der Waals surface area contributed by atoms with Gasteiger partial charge < -0.3 is 9.84 Å². The number of aromatic hydroxyl groups is 1. The highest BCUT2D eigenvalue weighted by molar-refractivity contribution is 6.32. The van der Waals surface area contributed by atoms with Gasteiger partial charge in [-0.05, 0) is 56.3 Å². The fourth-order valence-corrected chi connectivity index (χ4v) is 3.52. The smallest absolute Gasteiger partial charge is 0.176 e. The Kier molecular flexibility index (Phi) is 5.77. The molecule has 0 spiro atoms. The molecule has 0 saturated heterocycles. The molecule has 0 radical (unpaired) electrons. The molecule has 0 atom stereocenters. The fourth-order valence-electron chi connectivity index (χ4n) is 3.29. The summed E-state index contributed by atoms with van der Waals surface area (Å²) in [5.41, 5.74) is 1.08. The Labute approximate surface area is 132 Å². The van der Waals surface area contributed by atoms with Crippen molar-refractivity contribution in [1.82, 2.24) is 4.90 Å². The van der Waals surface area contributed by atoms with E-state index in [1.807, 2.05) is 12.1 Å². The second-order valence-electron chi connectivity index (χ2n) is 6.13. The third-order valence-corrected chi connectivity index (χ3v) is 5.05. The van der Waals surface area contributed by atoms with Gasteiger partial charge in [0.2, 0.25) is 0 Å². The second-order valence-corrected chi connectivity index (χ2v) is 6.53. The first-order valence-electron chi connectivity index (χ1n) is 7.80. The van der Waals surface area contributed by atoms with Crippen LogP contribution in [-0.4, -0.2) is 30.2 Å². The highest BCUT2D eigenvalue weighted by atomic mass is 35.5. The minimum absolute atomic E-state index is 0.0222.